The third-order valence-electron chi connectivity index (χ3n) is 4.71. The van der Waals surface area contributed by atoms with E-state index in [2.05, 4.69) is 41.2 Å². The number of nitrogens with zero attached hydrogens (tertiary/aromatic N) is 5. The number of aromatic nitrogens is 3. The Morgan fingerprint density at radius 2 is 2.19 bits per heavy atom. The lowest BCUT2D eigenvalue weighted by Crippen LogP contribution is -2.40. The molecule has 0 aliphatic carbocycles. The Hall–Kier alpha value is -1.38. The van der Waals surface area contributed by atoms with Crippen molar-refractivity contribution in [3.05, 3.63) is 30.2 Å². The molecule has 7 heteroatoms. The van der Waals surface area contributed by atoms with Gasteiger partial charge < -0.3 is 10.2 Å². The summed E-state index contributed by atoms with van der Waals surface area (Å²) in [6.45, 7) is 10.6. The minimum Gasteiger partial charge on any atom is -0.357 e. The van der Waals surface area contributed by atoms with Gasteiger partial charge in [-0.25, -0.2) is 0 Å². The van der Waals surface area contributed by atoms with Crippen molar-refractivity contribution in [2.75, 3.05) is 26.2 Å². The summed E-state index contributed by atoms with van der Waals surface area (Å²) >= 11 is 0. The van der Waals surface area contributed by atoms with Gasteiger partial charge in [0.05, 0.1) is 0 Å². The molecule has 0 spiro atoms. The van der Waals surface area contributed by atoms with Crippen LogP contribution in [0.15, 0.2) is 29.4 Å². The van der Waals surface area contributed by atoms with E-state index in [0.29, 0.717) is 0 Å². The van der Waals surface area contributed by atoms with Gasteiger partial charge in [-0.15, -0.1) is 34.2 Å². The normalized spacial score (nSPS) is 17.8. The van der Waals surface area contributed by atoms with E-state index < -0.39 is 0 Å². The van der Waals surface area contributed by atoms with Gasteiger partial charge >= 0.3 is 0 Å². The molecule has 1 atom stereocenters. The fraction of sp³-hybridized carbons (Fsp3) is 0.632. The van der Waals surface area contributed by atoms with E-state index in [-0.39, 0.29) is 24.0 Å². The number of hydrogen-bond acceptors (Lipinski definition) is 3. The zero-order valence-electron chi connectivity index (χ0n) is 16.1. The summed E-state index contributed by atoms with van der Waals surface area (Å²) in [6, 6.07) is 5.96. The Morgan fingerprint density at radius 3 is 2.96 bits per heavy atom. The molecule has 0 radical (unpaired) electrons. The number of pyridine rings is 1. The Morgan fingerprint density at radius 1 is 1.35 bits per heavy atom. The number of hydrogen-bond donors (Lipinski definition) is 1. The zero-order chi connectivity index (χ0) is 17.6. The zero-order valence-corrected chi connectivity index (χ0v) is 18.4. The standard InChI is InChI=1S/C19H30N6.HI/c1-4-20-19(24-12-9-16(14-24)13-15(2)3)21-10-8-18-23-22-17-7-5-6-11-25(17)18;/h5-7,11,15-16H,4,8-10,12-14H2,1-3H3,(H,20,21);1H. The van der Waals surface area contributed by atoms with Crippen LogP contribution in [0.2, 0.25) is 0 Å². The van der Waals surface area contributed by atoms with Crippen LogP contribution < -0.4 is 5.32 Å². The minimum absolute atomic E-state index is 0. The Kier molecular flexibility index (Phi) is 8.12. The summed E-state index contributed by atoms with van der Waals surface area (Å²) in [4.78, 5) is 7.26. The van der Waals surface area contributed by atoms with Crippen LogP contribution in [0.25, 0.3) is 5.65 Å². The highest BCUT2D eigenvalue weighted by Crippen LogP contribution is 2.23. The summed E-state index contributed by atoms with van der Waals surface area (Å²) < 4.78 is 2.04. The fourth-order valence-electron chi connectivity index (χ4n) is 3.63. The van der Waals surface area contributed by atoms with Crippen molar-refractivity contribution >= 4 is 35.6 Å². The number of guanidine groups is 1. The first-order valence-electron chi connectivity index (χ1n) is 9.49. The maximum Gasteiger partial charge on any atom is 0.193 e. The van der Waals surface area contributed by atoms with Crippen molar-refractivity contribution in [1.82, 2.24) is 24.8 Å². The first kappa shape index (κ1) is 20.9. The number of aliphatic imine (C=N–C) groups is 1. The summed E-state index contributed by atoms with van der Waals surface area (Å²) in [6.07, 6.45) is 5.39. The van der Waals surface area contributed by atoms with Crippen LogP contribution in [0.5, 0.6) is 0 Å². The van der Waals surface area contributed by atoms with Gasteiger partial charge in [-0.05, 0) is 43.7 Å². The third-order valence-corrected chi connectivity index (χ3v) is 4.71. The lowest BCUT2D eigenvalue weighted by Gasteiger charge is -2.22. The SMILES string of the molecule is CCNC(=NCCc1nnc2ccccn12)N1CCC(CC(C)C)C1.I. The van der Waals surface area contributed by atoms with E-state index in [4.69, 9.17) is 4.99 Å². The average Bonchev–Trinajstić information content (AvgIpc) is 3.21. The van der Waals surface area contributed by atoms with Crippen LogP contribution in [-0.2, 0) is 6.42 Å². The van der Waals surface area contributed by atoms with Crippen LogP contribution in [0.3, 0.4) is 0 Å². The van der Waals surface area contributed by atoms with Crippen LogP contribution in [-0.4, -0.2) is 51.6 Å². The molecule has 0 aromatic carbocycles. The van der Waals surface area contributed by atoms with Crippen molar-refractivity contribution in [3.63, 3.8) is 0 Å². The molecule has 2 aromatic rings. The van der Waals surface area contributed by atoms with Gasteiger partial charge in [0.1, 0.15) is 5.82 Å². The molecule has 1 N–H and O–H groups in total. The van der Waals surface area contributed by atoms with E-state index in [0.717, 1.165) is 61.9 Å². The second-order valence-electron chi connectivity index (χ2n) is 7.26. The predicted molar refractivity (Wildman–Crippen MR) is 117 cm³/mol. The molecule has 3 rings (SSSR count). The largest absolute Gasteiger partial charge is 0.357 e. The van der Waals surface area contributed by atoms with Gasteiger partial charge in [0, 0.05) is 38.8 Å². The molecule has 1 unspecified atom stereocenters. The van der Waals surface area contributed by atoms with Crippen LogP contribution in [0.4, 0.5) is 0 Å². The number of nitrogens with one attached hydrogen (secondary N) is 1. The number of halogens is 1. The lowest BCUT2D eigenvalue weighted by molar-refractivity contribution is 0.403. The molecule has 6 nitrogen and oxygen atoms in total. The van der Waals surface area contributed by atoms with Crippen molar-refractivity contribution in [3.8, 4) is 0 Å². The van der Waals surface area contributed by atoms with Gasteiger partial charge in [-0.2, -0.15) is 0 Å². The summed E-state index contributed by atoms with van der Waals surface area (Å²) in [7, 11) is 0. The van der Waals surface area contributed by atoms with E-state index in [1.54, 1.807) is 0 Å². The highest BCUT2D eigenvalue weighted by atomic mass is 127. The van der Waals surface area contributed by atoms with E-state index in [1.165, 1.54) is 12.8 Å². The third kappa shape index (κ3) is 5.31. The molecule has 144 valence electrons. The molecular formula is C19H31IN6. The monoisotopic (exact) mass is 470 g/mol. The van der Waals surface area contributed by atoms with Gasteiger partial charge in [-0.3, -0.25) is 9.39 Å². The highest BCUT2D eigenvalue weighted by molar-refractivity contribution is 14.0. The summed E-state index contributed by atoms with van der Waals surface area (Å²) in [5, 5.41) is 11.9. The molecule has 1 aliphatic heterocycles. The molecular weight excluding hydrogens is 439 g/mol. The van der Waals surface area contributed by atoms with Crippen LogP contribution in [0, 0.1) is 11.8 Å². The van der Waals surface area contributed by atoms with Crippen molar-refractivity contribution in [2.45, 2.75) is 40.0 Å². The van der Waals surface area contributed by atoms with Crippen LogP contribution in [0.1, 0.15) is 39.4 Å². The average molecular weight is 470 g/mol. The predicted octanol–water partition coefficient (Wildman–Crippen LogP) is 3.22. The Bertz CT molecular complexity index is 711. The first-order valence-corrected chi connectivity index (χ1v) is 9.49. The van der Waals surface area contributed by atoms with Gasteiger partial charge in [-0.1, -0.05) is 19.9 Å². The van der Waals surface area contributed by atoms with Gasteiger partial charge in [0.2, 0.25) is 0 Å². The van der Waals surface area contributed by atoms with E-state index in [1.807, 2.05) is 28.8 Å². The van der Waals surface area contributed by atoms with Crippen molar-refractivity contribution in [1.29, 1.82) is 0 Å². The molecule has 2 aromatic heterocycles. The smallest absolute Gasteiger partial charge is 0.193 e. The van der Waals surface area contributed by atoms with Gasteiger partial charge in [0.25, 0.3) is 0 Å². The molecule has 1 fully saturated rings. The number of rotatable bonds is 6. The Balaban J connectivity index is 0.00000243. The van der Waals surface area contributed by atoms with E-state index in [9.17, 15) is 0 Å². The second kappa shape index (κ2) is 10.1. The highest BCUT2D eigenvalue weighted by Gasteiger charge is 2.25. The van der Waals surface area contributed by atoms with Crippen LogP contribution >= 0.6 is 24.0 Å². The lowest BCUT2D eigenvalue weighted by atomic mass is 9.97. The van der Waals surface area contributed by atoms with E-state index >= 15 is 0 Å². The molecule has 26 heavy (non-hydrogen) atoms. The maximum atomic E-state index is 4.84. The summed E-state index contributed by atoms with van der Waals surface area (Å²) in [5.74, 6) is 3.58. The molecule has 0 saturated carbocycles. The quantitative estimate of drug-likeness (QED) is 0.400. The number of fused-ring (bicyclic) bond motifs is 1. The Labute approximate surface area is 173 Å². The topological polar surface area (TPSA) is 57.8 Å². The van der Waals surface area contributed by atoms with Crippen molar-refractivity contribution in [2.24, 2.45) is 16.8 Å². The maximum absolute atomic E-state index is 4.84. The minimum atomic E-state index is 0. The fourth-order valence-corrected chi connectivity index (χ4v) is 3.63. The molecule has 0 bridgehead atoms. The second-order valence-corrected chi connectivity index (χ2v) is 7.26. The van der Waals surface area contributed by atoms with Gasteiger partial charge in [0.15, 0.2) is 11.6 Å². The van der Waals surface area contributed by atoms with Crippen molar-refractivity contribution < 1.29 is 0 Å². The number of likely N-dealkylation sites (tertiary alicyclic amines) is 1. The molecule has 0 amide bonds. The first-order chi connectivity index (χ1) is 12.2. The molecule has 3 heterocycles. The molecule has 1 aliphatic rings. The summed E-state index contributed by atoms with van der Waals surface area (Å²) in [5.41, 5.74) is 0.893. The molecule has 1 saturated heterocycles.